The van der Waals surface area contributed by atoms with Crippen LogP contribution in [0.15, 0.2) is 42.6 Å². The highest BCUT2D eigenvalue weighted by Gasteiger charge is 2.19. The zero-order valence-corrected chi connectivity index (χ0v) is 13.7. The van der Waals surface area contributed by atoms with Crippen LogP contribution in [0.4, 0.5) is 5.69 Å². The number of carbonyl (C=O) groups is 1. The van der Waals surface area contributed by atoms with Crippen molar-refractivity contribution in [1.29, 1.82) is 5.26 Å². The largest absolute Gasteiger partial charge is 0.321 e. The topological polar surface area (TPSA) is 70.2 Å². The molecule has 2 heterocycles. The van der Waals surface area contributed by atoms with Gasteiger partial charge in [0.2, 0.25) is 0 Å². The molecule has 0 aliphatic heterocycles. The standard InChI is InChI=1S/C19H18N4O/c1-3-5-16-18(23-9-8-13(2)10-17(23)22-16)19(24)21-15-7-4-6-14(11-15)12-20/h4,6-11H,3,5H2,1-2H3,(H,21,24). The van der Waals surface area contributed by atoms with E-state index in [2.05, 4.69) is 23.3 Å². The van der Waals surface area contributed by atoms with Gasteiger partial charge in [-0.3, -0.25) is 9.20 Å². The highest BCUT2D eigenvalue weighted by molar-refractivity contribution is 6.04. The summed E-state index contributed by atoms with van der Waals surface area (Å²) < 4.78 is 1.82. The molecule has 1 amide bonds. The average molecular weight is 318 g/mol. The van der Waals surface area contributed by atoms with Crippen molar-refractivity contribution in [3.8, 4) is 6.07 Å². The first kappa shape index (κ1) is 15.8. The van der Waals surface area contributed by atoms with Gasteiger partial charge in [0.1, 0.15) is 11.3 Å². The minimum absolute atomic E-state index is 0.218. The summed E-state index contributed by atoms with van der Waals surface area (Å²) in [6, 6.07) is 12.9. The lowest BCUT2D eigenvalue weighted by Crippen LogP contribution is -2.16. The number of aryl methyl sites for hydroxylation is 2. The molecule has 0 unspecified atom stereocenters. The number of nitriles is 1. The Kier molecular flexibility index (Phi) is 4.30. The molecule has 5 heteroatoms. The number of carbonyl (C=O) groups excluding carboxylic acids is 1. The molecule has 120 valence electrons. The van der Waals surface area contributed by atoms with Crippen LogP contribution in [0, 0.1) is 18.3 Å². The fraction of sp³-hybridized carbons (Fsp3) is 0.211. The maximum atomic E-state index is 12.8. The van der Waals surface area contributed by atoms with Crippen LogP contribution in [-0.4, -0.2) is 15.3 Å². The second-order valence-corrected chi connectivity index (χ2v) is 5.74. The molecule has 0 radical (unpaired) electrons. The number of fused-ring (bicyclic) bond motifs is 1. The summed E-state index contributed by atoms with van der Waals surface area (Å²) in [6.07, 6.45) is 3.52. The summed E-state index contributed by atoms with van der Waals surface area (Å²) in [5.41, 5.74) is 4.32. The molecule has 0 fully saturated rings. The zero-order valence-electron chi connectivity index (χ0n) is 13.7. The number of anilines is 1. The zero-order chi connectivity index (χ0) is 17.1. The third kappa shape index (κ3) is 2.99. The SMILES string of the molecule is CCCc1nc2cc(C)ccn2c1C(=O)Nc1cccc(C#N)c1. The molecule has 0 saturated heterocycles. The number of nitrogens with zero attached hydrogens (tertiary/aromatic N) is 3. The second kappa shape index (κ2) is 6.55. The van der Waals surface area contributed by atoms with Gasteiger partial charge >= 0.3 is 0 Å². The Labute approximate surface area is 140 Å². The van der Waals surface area contributed by atoms with Crippen molar-refractivity contribution in [3.05, 3.63) is 65.1 Å². The van der Waals surface area contributed by atoms with Gasteiger partial charge in [0, 0.05) is 11.9 Å². The summed E-state index contributed by atoms with van der Waals surface area (Å²) in [5.74, 6) is -0.218. The van der Waals surface area contributed by atoms with Crippen LogP contribution >= 0.6 is 0 Å². The van der Waals surface area contributed by atoms with E-state index in [0.717, 1.165) is 29.7 Å². The van der Waals surface area contributed by atoms with Gasteiger partial charge in [0.05, 0.1) is 17.3 Å². The maximum Gasteiger partial charge on any atom is 0.274 e. The molecule has 1 aromatic carbocycles. The number of pyridine rings is 1. The van der Waals surface area contributed by atoms with Gasteiger partial charge in [-0.1, -0.05) is 19.4 Å². The molecule has 2 aromatic heterocycles. The normalized spacial score (nSPS) is 10.5. The molecule has 0 atom stereocenters. The minimum Gasteiger partial charge on any atom is -0.321 e. The lowest BCUT2D eigenvalue weighted by Gasteiger charge is -2.07. The molecule has 3 aromatic rings. The molecule has 0 saturated carbocycles. The van der Waals surface area contributed by atoms with Crippen molar-refractivity contribution in [3.63, 3.8) is 0 Å². The Morgan fingerprint density at radius 2 is 2.17 bits per heavy atom. The number of hydrogen-bond acceptors (Lipinski definition) is 3. The summed E-state index contributed by atoms with van der Waals surface area (Å²) >= 11 is 0. The third-order valence-corrected chi connectivity index (χ3v) is 3.81. The molecule has 24 heavy (non-hydrogen) atoms. The summed E-state index contributed by atoms with van der Waals surface area (Å²) in [7, 11) is 0. The van der Waals surface area contributed by atoms with Gasteiger partial charge in [-0.2, -0.15) is 5.26 Å². The number of rotatable bonds is 4. The molecule has 1 N–H and O–H groups in total. The number of nitrogens with one attached hydrogen (secondary N) is 1. The van der Waals surface area contributed by atoms with Crippen LogP contribution < -0.4 is 5.32 Å². The Hall–Kier alpha value is -3.13. The van der Waals surface area contributed by atoms with E-state index in [4.69, 9.17) is 5.26 Å². The fourth-order valence-electron chi connectivity index (χ4n) is 2.70. The summed E-state index contributed by atoms with van der Waals surface area (Å²) in [6.45, 7) is 4.06. The highest BCUT2D eigenvalue weighted by Crippen LogP contribution is 2.18. The van der Waals surface area contributed by atoms with Crippen LogP contribution in [0.5, 0.6) is 0 Å². The van der Waals surface area contributed by atoms with Crippen molar-refractivity contribution in [2.75, 3.05) is 5.32 Å². The predicted molar refractivity (Wildman–Crippen MR) is 93.0 cm³/mol. The lowest BCUT2D eigenvalue weighted by atomic mass is 10.2. The number of amides is 1. The molecule has 0 aliphatic rings. The van der Waals surface area contributed by atoms with E-state index in [9.17, 15) is 4.79 Å². The molecular formula is C19H18N4O. The van der Waals surface area contributed by atoms with Crippen molar-refractivity contribution in [2.24, 2.45) is 0 Å². The first-order valence-corrected chi connectivity index (χ1v) is 7.91. The number of imidazole rings is 1. The lowest BCUT2D eigenvalue weighted by molar-refractivity contribution is 0.102. The summed E-state index contributed by atoms with van der Waals surface area (Å²) in [4.78, 5) is 17.4. The summed E-state index contributed by atoms with van der Waals surface area (Å²) in [5, 5.41) is 11.9. The van der Waals surface area contributed by atoms with Gasteiger partial charge in [0.15, 0.2) is 0 Å². The van der Waals surface area contributed by atoms with Gasteiger partial charge in [-0.15, -0.1) is 0 Å². The third-order valence-electron chi connectivity index (χ3n) is 3.81. The molecule has 0 aliphatic carbocycles. The molecule has 3 rings (SSSR count). The Morgan fingerprint density at radius 1 is 1.33 bits per heavy atom. The van der Waals surface area contributed by atoms with E-state index in [0.29, 0.717) is 16.9 Å². The molecule has 0 bridgehead atoms. The van der Waals surface area contributed by atoms with E-state index >= 15 is 0 Å². The van der Waals surface area contributed by atoms with Crippen LogP contribution in [-0.2, 0) is 6.42 Å². The van der Waals surface area contributed by atoms with E-state index in [1.54, 1.807) is 24.3 Å². The Balaban J connectivity index is 2.02. The number of benzene rings is 1. The average Bonchev–Trinajstić information content (AvgIpc) is 2.92. The van der Waals surface area contributed by atoms with E-state index in [-0.39, 0.29) is 5.91 Å². The van der Waals surface area contributed by atoms with E-state index in [1.165, 1.54) is 0 Å². The number of hydrogen-bond donors (Lipinski definition) is 1. The van der Waals surface area contributed by atoms with Crippen molar-refractivity contribution in [1.82, 2.24) is 9.38 Å². The van der Waals surface area contributed by atoms with Gasteiger partial charge in [-0.25, -0.2) is 4.98 Å². The van der Waals surface area contributed by atoms with Gasteiger partial charge in [0.25, 0.3) is 5.91 Å². The Morgan fingerprint density at radius 3 is 2.92 bits per heavy atom. The van der Waals surface area contributed by atoms with Gasteiger partial charge < -0.3 is 5.32 Å². The van der Waals surface area contributed by atoms with E-state index < -0.39 is 0 Å². The number of aromatic nitrogens is 2. The smallest absolute Gasteiger partial charge is 0.274 e. The van der Waals surface area contributed by atoms with Gasteiger partial charge in [-0.05, 0) is 49.2 Å². The molecule has 5 nitrogen and oxygen atoms in total. The molecule has 0 spiro atoms. The first-order valence-electron chi connectivity index (χ1n) is 7.91. The van der Waals surface area contributed by atoms with E-state index in [1.807, 2.05) is 29.7 Å². The second-order valence-electron chi connectivity index (χ2n) is 5.74. The first-order chi connectivity index (χ1) is 11.6. The highest BCUT2D eigenvalue weighted by atomic mass is 16.2. The fourth-order valence-corrected chi connectivity index (χ4v) is 2.70. The van der Waals surface area contributed by atoms with Crippen molar-refractivity contribution >= 4 is 17.2 Å². The van der Waals surface area contributed by atoms with Crippen LogP contribution in [0.3, 0.4) is 0 Å². The maximum absolute atomic E-state index is 12.8. The van der Waals surface area contributed by atoms with Crippen LogP contribution in [0.1, 0.15) is 40.7 Å². The monoisotopic (exact) mass is 318 g/mol. The molecular weight excluding hydrogens is 300 g/mol. The predicted octanol–water partition coefficient (Wildman–Crippen LogP) is 3.72. The van der Waals surface area contributed by atoms with Crippen LogP contribution in [0.25, 0.3) is 5.65 Å². The Bertz CT molecular complexity index is 950. The quantitative estimate of drug-likeness (QED) is 0.797. The van der Waals surface area contributed by atoms with Crippen molar-refractivity contribution < 1.29 is 4.79 Å². The minimum atomic E-state index is -0.218. The van der Waals surface area contributed by atoms with Crippen LogP contribution in [0.2, 0.25) is 0 Å². The van der Waals surface area contributed by atoms with Crippen molar-refractivity contribution in [2.45, 2.75) is 26.7 Å².